The summed E-state index contributed by atoms with van der Waals surface area (Å²) in [5.41, 5.74) is 2.53. The van der Waals surface area contributed by atoms with Gasteiger partial charge in [0.25, 0.3) is 5.91 Å². The summed E-state index contributed by atoms with van der Waals surface area (Å²) in [5, 5.41) is 6.05. The second-order valence-electron chi connectivity index (χ2n) is 8.06. The molecular formula is C27H31N3O3. The van der Waals surface area contributed by atoms with E-state index in [1.165, 1.54) is 0 Å². The van der Waals surface area contributed by atoms with Crippen LogP contribution < -0.4 is 15.4 Å². The Morgan fingerprint density at radius 1 is 0.848 bits per heavy atom. The molecule has 0 aliphatic carbocycles. The van der Waals surface area contributed by atoms with Gasteiger partial charge in [0.05, 0.1) is 25.6 Å². The number of hydrogen-bond acceptors (Lipinski definition) is 4. The molecule has 2 unspecified atom stereocenters. The Morgan fingerprint density at radius 2 is 1.45 bits per heavy atom. The maximum absolute atomic E-state index is 12.9. The smallest absolute Gasteiger partial charge is 0.251 e. The second kappa shape index (κ2) is 11.8. The number of rotatable bonds is 10. The van der Waals surface area contributed by atoms with E-state index in [1.807, 2.05) is 86.9 Å². The van der Waals surface area contributed by atoms with Crippen molar-refractivity contribution in [3.05, 3.63) is 102 Å². The van der Waals surface area contributed by atoms with Crippen molar-refractivity contribution in [2.75, 3.05) is 27.7 Å². The normalized spacial score (nSPS) is 12.6. The lowest BCUT2D eigenvalue weighted by molar-refractivity contribution is -0.121. The Hall–Kier alpha value is -3.64. The van der Waals surface area contributed by atoms with Crippen LogP contribution in [-0.4, -0.2) is 44.5 Å². The third-order valence-corrected chi connectivity index (χ3v) is 5.55. The molecule has 0 aromatic heterocycles. The van der Waals surface area contributed by atoms with Crippen LogP contribution in [0, 0.1) is 0 Å². The fraction of sp³-hybridized carbons (Fsp3) is 0.259. The first-order valence-electron chi connectivity index (χ1n) is 11.0. The number of methoxy groups -OCH3 is 1. The van der Waals surface area contributed by atoms with Crippen LogP contribution in [0.25, 0.3) is 0 Å². The Morgan fingerprint density at radius 3 is 2.03 bits per heavy atom. The summed E-state index contributed by atoms with van der Waals surface area (Å²) in [6, 6.07) is 26.0. The molecule has 6 heteroatoms. The lowest BCUT2D eigenvalue weighted by atomic mass is 10.0. The van der Waals surface area contributed by atoms with Gasteiger partial charge in [0.1, 0.15) is 5.75 Å². The van der Waals surface area contributed by atoms with Crippen LogP contribution >= 0.6 is 0 Å². The first kappa shape index (κ1) is 24.0. The molecule has 2 N–H and O–H groups in total. The van der Waals surface area contributed by atoms with Crippen molar-refractivity contribution in [3.8, 4) is 5.75 Å². The molecule has 0 saturated heterocycles. The third kappa shape index (κ3) is 6.92. The molecule has 6 nitrogen and oxygen atoms in total. The molecule has 0 radical (unpaired) electrons. The van der Waals surface area contributed by atoms with Crippen molar-refractivity contribution in [1.29, 1.82) is 0 Å². The number of amides is 2. The van der Waals surface area contributed by atoms with Gasteiger partial charge in [0.2, 0.25) is 5.91 Å². The van der Waals surface area contributed by atoms with Crippen molar-refractivity contribution in [2.45, 2.75) is 18.5 Å². The Kier molecular flexibility index (Phi) is 8.61. The van der Waals surface area contributed by atoms with Crippen molar-refractivity contribution < 1.29 is 14.3 Å². The van der Waals surface area contributed by atoms with E-state index in [2.05, 4.69) is 15.5 Å². The molecule has 2 amide bonds. The number of nitrogens with one attached hydrogen (secondary N) is 2. The predicted octanol–water partition coefficient (Wildman–Crippen LogP) is 3.98. The Bertz CT molecular complexity index is 1020. The number of ether oxygens (including phenoxy) is 1. The molecule has 0 heterocycles. The van der Waals surface area contributed by atoms with E-state index < -0.39 is 6.04 Å². The molecule has 0 aliphatic heterocycles. The summed E-state index contributed by atoms with van der Waals surface area (Å²) < 4.78 is 5.24. The topological polar surface area (TPSA) is 70.7 Å². The van der Waals surface area contributed by atoms with Gasteiger partial charge in [-0.1, -0.05) is 60.7 Å². The van der Waals surface area contributed by atoms with E-state index in [-0.39, 0.29) is 24.3 Å². The molecule has 3 rings (SSSR count). The van der Waals surface area contributed by atoms with E-state index in [0.717, 1.165) is 16.9 Å². The highest BCUT2D eigenvalue weighted by Gasteiger charge is 2.21. The van der Waals surface area contributed by atoms with Gasteiger partial charge in [-0.15, -0.1) is 0 Å². The quantitative estimate of drug-likeness (QED) is 0.495. The van der Waals surface area contributed by atoms with Crippen LogP contribution in [0.15, 0.2) is 84.9 Å². The monoisotopic (exact) mass is 445 g/mol. The summed E-state index contributed by atoms with van der Waals surface area (Å²) in [5.74, 6) is 0.458. The van der Waals surface area contributed by atoms with E-state index in [9.17, 15) is 9.59 Å². The van der Waals surface area contributed by atoms with E-state index in [4.69, 9.17) is 4.74 Å². The number of nitrogens with zero attached hydrogens (tertiary/aromatic N) is 1. The fourth-order valence-electron chi connectivity index (χ4n) is 3.66. The second-order valence-corrected chi connectivity index (χ2v) is 8.06. The molecule has 0 saturated carbocycles. The Labute approximate surface area is 195 Å². The number of benzene rings is 3. The minimum Gasteiger partial charge on any atom is -0.497 e. The van der Waals surface area contributed by atoms with Gasteiger partial charge in [0, 0.05) is 12.1 Å². The number of carbonyl (C=O) groups excluding carboxylic acids is 2. The van der Waals surface area contributed by atoms with E-state index in [1.54, 1.807) is 19.2 Å². The summed E-state index contributed by atoms with van der Waals surface area (Å²) in [6.07, 6.45) is 0.144. The lowest BCUT2D eigenvalue weighted by Gasteiger charge is -2.26. The average Bonchev–Trinajstić information content (AvgIpc) is 2.85. The van der Waals surface area contributed by atoms with Gasteiger partial charge in [-0.3, -0.25) is 9.59 Å². The summed E-state index contributed by atoms with van der Waals surface area (Å²) in [4.78, 5) is 27.7. The molecule has 0 bridgehead atoms. The largest absolute Gasteiger partial charge is 0.497 e. The Balaban J connectivity index is 1.67. The van der Waals surface area contributed by atoms with Crippen LogP contribution in [0.3, 0.4) is 0 Å². The van der Waals surface area contributed by atoms with E-state index >= 15 is 0 Å². The van der Waals surface area contributed by atoms with Crippen molar-refractivity contribution in [3.63, 3.8) is 0 Å². The SMILES string of the molecule is COc1ccc(C(CNC(=O)CC(NC(=O)c2ccccc2)c2ccccc2)N(C)C)cc1. The van der Waals surface area contributed by atoms with E-state index in [0.29, 0.717) is 12.1 Å². The van der Waals surface area contributed by atoms with Crippen molar-refractivity contribution in [1.82, 2.24) is 15.5 Å². The highest BCUT2D eigenvalue weighted by molar-refractivity contribution is 5.94. The van der Waals surface area contributed by atoms with Gasteiger partial charge in [-0.05, 0) is 49.5 Å². The maximum Gasteiger partial charge on any atom is 0.251 e. The van der Waals surface area contributed by atoms with Gasteiger partial charge in [0.15, 0.2) is 0 Å². The van der Waals surface area contributed by atoms with Crippen molar-refractivity contribution in [2.24, 2.45) is 0 Å². The van der Waals surface area contributed by atoms with Crippen molar-refractivity contribution >= 4 is 11.8 Å². The molecule has 3 aromatic rings. The number of carbonyl (C=O) groups is 2. The van der Waals surface area contributed by atoms with Crippen LogP contribution in [0.4, 0.5) is 0 Å². The van der Waals surface area contributed by atoms with Crippen LogP contribution in [-0.2, 0) is 4.79 Å². The zero-order valence-electron chi connectivity index (χ0n) is 19.3. The number of likely N-dealkylation sites (N-methyl/N-ethyl adjacent to an activating group) is 1. The third-order valence-electron chi connectivity index (χ3n) is 5.55. The van der Waals surface area contributed by atoms with Crippen LogP contribution in [0.1, 0.15) is 40.0 Å². The standard InChI is InChI=1S/C27H31N3O3/c1-30(2)25(21-14-16-23(33-3)17-15-21)19-28-26(31)18-24(20-10-6-4-7-11-20)29-27(32)22-12-8-5-9-13-22/h4-17,24-25H,18-19H2,1-3H3,(H,28,31)(H,29,32). The zero-order chi connectivity index (χ0) is 23.6. The zero-order valence-corrected chi connectivity index (χ0v) is 19.3. The van der Waals surface area contributed by atoms with Gasteiger partial charge >= 0.3 is 0 Å². The molecule has 2 atom stereocenters. The fourth-order valence-corrected chi connectivity index (χ4v) is 3.66. The van der Waals surface area contributed by atoms with Gasteiger partial charge < -0.3 is 20.3 Å². The highest BCUT2D eigenvalue weighted by atomic mass is 16.5. The lowest BCUT2D eigenvalue weighted by Crippen LogP contribution is -2.37. The van der Waals surface area contributed by atoms with Gasteiger partial charge in [-0.25, -0.2) is 0 Å². The number of hydrogen-bond donors (Lipinski definition) is 2. The van der Waals surface area contributed by atoms with Crippen LogP contribution in [0.2, 0.25) is 0 Å². The molecule has 172 valence electrons. The molecular weight excluding hydrogens is 414 g/mol. The summed E-state index contributed by atoms with van der Waals surface area (Å²) >= 11 is 0. The molecule has 33 heavy (non-hydrogen) atoms. The van der Waals surface area contributed by atoms with Gasteiger partial charge in [-0.2, -0.15) is 0 Å². The molecule has 0 spiro atoms. The first-order valence-corrected chi connectivity index (χ1v) is 11.0. The molecule has 0 fully saturated rings. The minimum atomic E-state index is -0.433. The summed E-state index contributed by atoms with van der Waals surface area (Å²) in [7, 11) is 5.60. The first-order chi connectivity index (χ1) is 16.0. The van der Waals surface area contributed by atoms with Crippen LogP contribution in [0.5, 0.6) is 5.75 Å². The molecule has 3 aromatic carbocycles. The predicted molar refractivity (Wildman–Crippen MR) is 130 cm³/mol. The highest BCUT2D eigenvalue weighted by Crippen LogP contribution is 2.22. The average molecular weight is 446 g/mol. The molecule has 0 aliphatic rings. The maximum atomic E-state index is 12.9. The summed E-state index contributed by atoms with van der Waals surface area (Å²) in [6.45, 7) is 0.451. The minimum absolute atomic E-state index is 0.00828.